The number of hydrogen-bond acceptors (Lipinski definition) is 2. The highest BCUT2D eigenvalue weighted by Gasteiger charge is 2.74. The first-order valence-corrected chi connectivity index (χ1v) is 9.50. The van der Waals surface area contributed by atoms with Gasteiger partial charge in [-0.2, -0.15) is 0 Å². The van der Waals surface area contributed by atoms with Crippen molar-refractivity contribution in [3.63, 3.8) is 0 Å². The SMILES string of the molecule is C=C(C)C(=O)OC12CC(C3CCCCC31)C1C3CCC(C3)C12. The van der Waals surface area contributed by atoms with E-state index in [1.807, 2.05) is 0 Å². The number of carbonyl (C=O) groups is 1. The molecule has 120 valence electrons. The molecular weight excluding hydrogens is 272 g/mol. The van der Waals surface area contributed by atoms with E-state index in [0.717, 1.165) is 29.6 Å². The molecule has 0 spiro atoms. The summed E-state index contributed by atoms with van der Waals surface area (Å²) in [5, 5.41) is 0. The summed E-state index contributed by atoms with van der Waals surface area (Å²) in [5.74, 6) is 5.64. The van der Waals surface area contributed by atoms with E-state index in [9.17, 15) is 4.79 Å². The van der Waals surface area contributed by atoms with Gasteiger partial charge in [0.05, 0.1) is 0 Å². The van der Waals surface area contributed by atoms with Gasteiger partial charge in [-0.15, -0.1) is 0 Å². The minimum atomic E-state index is -0.117. The number of rotatable bonds is 2. The molecule has 8 unspecified atom stereocenters. The summed E-state index contributed by atoms with van der Waals surface area (Å²) < 4.78 is 6.35. The number of ether oxygens (including phenoxy) is 1. The topological polar surface area (TPSA) is 26.3 Å². The first-order valence-electron chi connectivity index (χ1n) is 9.50. The lowest BCUT2D eigenvalue weighted by molar-refractivity contribution is -0.177. The predicted octanol–water partition coefficient (Wildman–Crippen LogP) is 4.35. The molecule has 0 radical (unpaired) electrons. The largest absolute Gasteiger partial charge is 0.455 e. The van der Waals surface area contributed by atoms with Crippen LogP contribution in [-0.2, 0) is 9.53 Å². The molecule has 4 bridgehead atoms. The molecule has 5 aliphatic carbocycles. The Balaban J connectivity index is 1.56. The molecule has 22 heavy (non-hydrogen) atoms. The number of fused-ring (bicyclic) bond motifs is 12. The third kappa shape index (κ3) is 1.50. The van der Waals surface area contributed by atoms with Gasteiger partial charge in [-0.1, -0.05) is 19.4 Å². The fourth-order valence-corrected chi connectivity index (χ4v) is 7.88. The van der Waals surface area contributed by atoms with Gasteiger partial charge < -0.3 is 4.74 Å². The van der Waals surface area contributed by atoms with E-state index < -0.39 is 0 Å². The van der Waals surface area contributed by atoms with Crippen LogP contribution in [0.25, 0.3) is 0 Å². The molecular formula is C20H28O2. The normalized spacial score (nSPS) is 54.1. The monoisotopic (exact) mass is 300 g/mol. The van der Waals surface area contributed by atoms with Gasteiger partial charge in [-0.3, -0.25) is 0 Å². The van der Waals surface area contributed by atoms with Crippen molar-refractivity contribution in [2.24, 2.45) is 41.4 Å². The third-order valence-electron chi connectivity index (χ3n) is 8.22. The van der Waals surface area contributed by atoms with Crippen molar-refractivity contribution in [3.05, 3.63) is 12.2 Å². The van der Waals surface area contributed by atoms with Crippen molar-refractivity contribution < 1.29 is 9.53 Å². The Labute approximate surface area is 133 Å². The zero-order valence-corrected chi connectivity index (χ0v) is 13.7. The quantitative estimate of drug-likeness (QED) is 0.430. The lowest BCUT2D eigenvalue weighted by Crippen LogP contribution is -2.52. The molecule has 5 saturated carbocycles. The highest BCUT2D eigenvalue weighted by molar-refractivity contribution is 5.87. The summed E-state index contributed by atoms with van der Waals surface area (Å²) in [6.45, 7) is 5.64. The van der Waals surface area contributed by atoms with Gasteiger partial charge >= 0.3 is 5.97 Å². The maximum absolute atomic E-state index is 12.4. The zero-order valence-electron chi connectivity index (χ0n) is 13.7. The Hall–Kier alpha value is -0.790. The van der Waals surface area contributed by atoms with Gasteiger partial charge in [-0.25, -0.2) is 4.79 Å². The van der Waals surface area contributed by atoms with Crippen LogP contribution < -0.4 is 0 Å². The first kappa shape index (κ1) is 13.6. The van der Waals surface area contributed by atoms with Crippen molar-refractivity contribution in [1.29, 1.82) is 0 Å². The molecule has 0 N–H and O–H groups in total. The van der Waals surface area contributed by atoms with Crippen molar-refractivity contribution in [2.45, 2.75) is 63.9 Å². The molecule has 2 nitrogen and oxygen atoms in total. The van der Waals surface area contributed by atoms with Crippen LogP contribution in [0.15, 0.2) is 12.2 Å². The summed E-state index contributed by atoms with van der Waals surface area (Å²) >= 11 is 0. The summed E-state index contributed by atoms with van der Waals surface area (Å²) in [5.41, 5.74) is 0.479. The number of carbonyl (C=O) groups excluding carboxylic acids is 1. The maximum atomic E-state index is 12.4. The summed E-state index contributed by atoms with van der Waals surface area (Å²) in [7, 11) is 0. The van der Waals surface area contributed by atoms with Gasteiger partial charge in [0, 0.05) is 17.4 Å². The second kappa shape index (κ2) is 4.39. The van der Waals surface area contributed by atoms with E-state index in [1.165, 1.54) is 51.4 Å². The first-order chi connectivity index (χ1) is 10.6. The fourth-order valence-electron chi connectivity index (χ4n) is 7.88. The van der Waals surface area contributed by atoms with Crippen molar-refractivity contribution in [2.75, 3.05) is 0 Å². The van der Waals surface area contributed by atoms with E-state index in [1.54, 1.807) is 6.92 Å². The third-order valence-corrected chi connectivity index (χ3v) is 8.22. The van der Waals surface area contributed by atoms with E-state index >= 15 is 0 Å². The van der Waals surface area contributed by atoms with Crippen LogP contribution in [0.2, 0.25) is 0 Å². The van der Waals surface area contributed by atoms with Crippen LogP contribution >= 0.6 is 0 Å². The Bertz CT molecular complexity index is 538. The fraction of sp³-hybridized carbons (Fsp3) is 0.850. The Morgan fingerprint density at radius 1 is 1.09 bits per heavy atom. The average Bonchev–Trinajstić information content (AvgIpc) is 3.24. The van der Waals surface area contributed by atoms with E-state index in [-0.39, 0.29) is 11.6 Å². The highest BCUT2D eigenvalue weighted by Crippen LogP contribution is 2.74. The van der Waals surface area contributed by atoms with Crippen LogP contribution in [0, 0.1) is 41.4 Å². The maximum Gasteiger partial charge on any atom is 0.333 e. The smallest absolute Gasteiger partial charge is 0.333 e. The van der Waals surface area contributed by atoms with Gasteiger partial charge in [-0.05, 0) is 75.0 Å². The molecule has 0 amide bonds. The molecule has 2 heteroatoms. The molecule has 0 aliphatic heterocycles. The van der Waals surface area contributed by atoms with E-state index in [4.69, 9.17) is 4.74 Å². The van der Waals surface area contributed by atoms with Gasteiger partial charge in [0.25, 0.3) is 0 Å². The van der Waals surface area contributed by atoms with Crippen LogP contribution in [0.4, 0.5) is 0 Å². The predicted molar refractivity (Wildman–Crippen MR) is 85.0 cm³/mol. The van der Waals surface area contributed by atoms with E-state index in [0.29, 0.717) is 17.4 Å². The minimum Gasteiger partial charge on any atom is -0.455 e. The standard InChI is InChI=1S/C20H28O2/c1-11(2)19(21)22-20-10-15(14-5-3-4-6-16(14)20)17-12-7-8-13(9-12)18(17)20/h12-18H,1,3-10H2,2H3. The minimum absolute atomic E-state index is 0.101. The van der Waals surface area contributed by atoms with Gasteiger partial charge in [0.2, 0.25) is 0 Å². The van der Waals surface area contributed by atoms with Crippen LogP contribution in [0.3, 0.4) is 0 Å². The number of hydrogen-bond donors (Lipinski definition) is 0. The Kier molecular flexibility index (Phi) is 2.72. The molecule has 0 saturated heterocycles. The molecule has 5 fully saturated rings. The van der Waals surface area contributed by atoms with Crippen molar-refractivity contribution >= 4 is 5.97 Å². The molecule has 8 atom stereocenters. The summed E-state index contributed by atoms with van der Waals surface area (Å²) in [6.07, 6.45) is 10.9. The summed E-state index contributed by atoms with van der Waals surface area (Å²) in [4.78, 5) is 12.4. The zero-order chi connectivity index (χ0) is 15.1. The van der Waals surface area contributed by atoms with Crippen LogP contribution in [-0.4, -0.2) is 11.6 Å². The second-order valence-electron chi connectivity index (χ2n) is 8.98. The molecule has 5 rings (SSSR count). The highest BCUT2D eigenvalue weighted by atomic mass is 16.6. The Morgan fingerprint density at radius 3 is 2.68 bits per heavy atom. The van der Waals surface area contributed by atoms with Crippen LogP contribution in [0.1, 0.15) is 58.3 Å². The molecule has 0 heterocycles. The van der Waals surface area contributed by atoms with E-state index in [2.05, 4.69) is 6.58 Å². The second-order valence-corrected chi connectivity index (χ2v) is 8.98. The molecule has 5 aliphatic rings. The molecule has 0 aromatic heterocycles. The molecule has 0 aromatic carbocycles. The van der Waals surface area contributed by atoms with Crippen molar-refractivity contribution in [3.8, 4) is 0 Å². The average molecular weight is 300 g/mol. The van der Waals surface area contributed by atoms with Gasteiger partial charge in [0.15, 0.2) is 0 Å². The lowest BCUT2D eigenvalue weighted by atomic mass is 9.58. The lowest BCUT2D eigenvalue weighted by Gasteiger charge is -2.50. The molecule has 0 aromatic rings. The van der Waals surface area contributed by atoms with Crippen molar-refractivity contribution in [1.82, 2.24) is 0 Å². The van der Waals surface area contributed by atoms with Gasteiger partial charge in [0.1, 0.15) is 5.60 Å². The number of esters is 1. The summed E-state index contributed by atoms with van der Waals surface area (Å²) in [6, 6.07) is 0. The Morgan fingerprint density at radius 2 is 1.86 bits per heavy atom. The van der Waals surface area contributed by atoms with Crippen LogP contribution in [0.5, 0.6) is 0 Å².